The van der Waals surface area contributed by atoms with E-state index in [-0.39, 0.29) is 5.97 Å². The fourth-order valence-corrected chi connectivity index (χ4v) is 1.52. The molecule has 1 aromatic rings. The number of hydrogen-bond donors (Lipinski definition) is 0. The van der Waals surface area contributed by atoms with Crippen LogP contribution in [0, 0.1) is 0 Å². The maximum Gasteiger partial charge on any atom is 0.334 e. The first kappa shape index (κ1) is 12.0. The maximum atomic E-state index is 11.5. The van der Waals surface area contributed by atoms with Gasteiger partial charge in [-0.25, -0.2) is 4.79 Å². The van der Waals surface area contributed by atoms with Gasteiger partial charge in [-0.05, 0) is 18.6 Å². The third-order valence-corrected chi connectivity index (χ3v) is 2.43. The van der Waals surface area contributed by atoms with E-state index in [1.807, 2.05) is 36.4 Å². The van der Waals surface area contributed by atoms with Crippen molar-refractivity contribution in [2.24, 2.45) is 0 Å². The fraction of sp³-hybridized carbons (Fsp3) is 0.250. The molecule has 0 heterocycles. The average Bonchev–Trinajstić information content (AvgIpc) is 2.27. The van der Waals surface area contributed by atoms with E-state index in [4.69, 9.17) is 4.74 Å². The minimum Gasteiger partial charge on any atom is -0.463 e. The van der Waals surface area contributed by atoms with Crippen molar-refractivity contribution in [2.75, 3.05) is 11.9 Å². The summed E-state index contributed by atoms with van der Waals surface area (Å²) in [5.74, 6) is -0.266. The molecular weight excluding hydrogens is 256 g/mol. The van der Waals surface area contributed by atoms with E-state index in [0.29, 0.717) is 17.5 Å². The lowest BCUT2D eigenvalue weighted by atomic mass is 10.1. The van der Waals surface area contributed by atoms with Gasteiger partial charge in [-0.15, -0.1) is 0 Å². The first-order valence-corrected chi connectivity index (χ1v) is 5.88. The molecule has 0 aliphatic rings. The predicted octanol–water partition coefficient (Wildman–Crippen LogP) is 3.03. The summed E-state index contributed by atoms with van der Waals surface area (Å²) < 4.78 is 4.93. The minimum atomic E-state index is -0.266. The summed E-state index contributed by atoms with van der Waals surface area (Å²) >= 11 is 3.27. The normalized spacial score (nSPS) is 11.2. The summed E-state index contributed by atoms with van der Waals surface area (Å²) in [7, 11) is 0. The van der Waals surface area contributed by atoms with E-state index in [2.05, 4.69) is 15.9 Å². The van der Waals surface area contributed by atoms with Crippen molar-refractivity contribution in [1.82, 2.24) is 0 Å². The van der Waals surface area contributed by atoms with Crippen molar-refractivity contribution >= 4 is 28.0 Å². The number of benzene rings is 1. The molecule has 0 fully saturated rings. The van der Waals surface area contributed by atoms with Crippen molar-refractivity contribution in [1.29, 1.82) is 0 Å². The van der Waals surface area contributed by atoms with Gasteiger partial charge in [0.25, 0.3) is 0 Å². The Labute approximate surface area is 98.1 Å². The molecule has 1 aromatic carbocycles. The van der Waals surface area contributed by atoms with E-state index in [0.717, 1.165) is 5.56 Å². The predicted molar refractivity (Wildman–Crippen MR) is 64.8 cm³/mol. The smallest absolute Gasteiger partial charge is 0.334 e. The molecule has 0 saturated heterocycles. The van der Waals surface area contributed by atoms with Gasteiger partial charge in [-0.3, -0.25) is 0 Å². The molecule has 0 spiro atoms. The molecule has 0 N–H and O–H groups in total. The van der Waals surface area contributed by atoms with Crippen molar-refractivity contribution in [3.8, 4) is 0 Å². The van der Waals surface area contributed by atoms with Crippen LogP contribution in [0.5, 0.6) is 0 Å². The van der Waals surface area contributed by atoms with Gasteiger partial charge in [-0.2, -0.15) is 0 Å². The summed E-state index contributed by atoms with van der Waals surface area (Å²) in [5.41, 5.74) is 1.63. The number of carbonyl (C=O) groups is 1. The molecule has 80 valence electrons. The highest BCUT2D eigenvalue weighted by atomic mass is 79.9. The quantitative estimate of drug-likeness (QED) is 0.477. The molecule has 1 rings (SSSR count). The van der Waals surface area contributed by atoms with Crippen LogP contribution < -0.4 is 0 Å². The zero-order chi connectivity index (χ0) is 11.1. The third-order valence-electron chi connectivity index (χ3n) is 1.82. The molecule has 3 heteroatoms. The van der Waals surface area contributed by atoms with E-state index in [1.165, 1.54) is 0 Å². The van der Waals surface area contributed by atoms with Gasteiger partial charge in [0.2, 0.25) is 0 Å². The fourth-order valence-electron chi connectivity index (χ4n) is 1.13. The van der Waals surface area contributed by atoms with Crippen molar-refractivity contribution in [3.63, 3.8) is 0 Å². The van der Waals surface area contributed by atoms with Gasteiger partial charge in [0.1, 0.15) is 0 Å². The molecule has 15 heavy (non-hydrogen) atoms. The van der Waals surface area contributed by atoms with Crippen molar-refractivity contribution < 1.29 is 9.53 Å². The summed E-state index contributed by atoms with van der Waals surface area (Å²) in [6.45, 7) is 2.20. The summed E-state index contributed by atoms with van der Waals surface area (Å²) in [6, 6.07) is 9.70. The van der Waals surface area contributed by atoms with Crippen LogP contribution in [0.15, 0.2) is 35.9 Å². The number of esters is 1. The molecule has 0 bridgehead atoms. The third kappa shape index (κ3) is 3.88. The Morgan fingerprint density at radius 1 is 1.40 bits per heavy atom. The lowest BCUT2D eigenvalue weighted by Crippen LogP contribution is -2.08. The second-order valence-corrected chi connectivity index (χ2v) is 3.50. The lowest BCUT2D eigenvalue weighted by Gasteiger charge is -2.03. The molecule has 0 aromatic heterocycles. The largest absolute Gasteiger partial charge is 0.463 e. The Bertz CT molecular complexity index is 344. The second-order valence-electron chi connectivity index (χ2n) is 2.93. The number of alkyl halides is 1. The van der Waals surface area contributed by atoms with Gasteiger partial charge < -0.3 is 4.74 Å². The topological polar surface area (TPSA) is 26.3 Å². The Morgan fingerprint density at radius 3 is 2.60 bits per heavy atom. The minimum absolute atomic E-state index is 0.266. The van der Waals surface area contributed by atoms with Gasteiger partial charge in [0.05, 0.1) is 6.61 Å². The average molecular weight is 269 g/mol. The number of ether oxygens (including phenoxy) is 1. The lowest BCUT2D eigenvalue weighted by molar-refractivity contribution is -0.138. The highest BCUT2D eigenvalue weighted by Crippen LogP contribution is 2.10. The van der Waals surface area contributed by atoms with E-state index in [9.17, 15) is 4.79 Å². The van der Waals surface area contributed by atoms with Crippen molar-refractivity contribution in [2.45, 2.75) is 6.92 Å². The first-order chi connectivity index (χ1) is 7.27. The van der Waals surface area contributed by atoms with E-state index in [1.54, 1.807) is 6.92 Å². The Kier molecular flexibility index (Phi) is 5.12. The van der Waals surface area contributed by atoms with E-state index < -0.39 is 0 Å². The maximum absolute atomic E-state index is 11.5. The first-order valence-electron chi connectivity index (χ1n) is 4.76. The second kappa shape index (κ2) is 6.40. The van der Waals surface area contributed by atoms with E-state index >= 15 is 0 Å². The molecule has 0 radical (unpaired) electrons. The SMILES string of the molecule is CCOC(=O)/C(=C\c1ccccc1)CBr. The highest BCUT2D eigenvalue weighted by Gasteiger charge is 2.08. The highest BCUT2D eigenvalue weighted by molar-refractivity contribution is 9.09. The number of carbonyl (C=O) groups excluding carboxylic acids is 1. The van der Waals surface area contributed by atoms with Gasteiger partial charge in [0.15, 0.2) is 0 Å². The molecule has 0 unspecified atom stereocenters. The van der Waals surface area contributed by atoms with Crippen LogP contribution in [0.2, 0.25) is 0 Å². The van der Waals surface area contributed by atoms with Crippen molar-refractivity contribution in [3.05, 3.63) is 41.5 Å². The molecule has 0 atom stereocenters. The molecule has 0 amide bonds. The van der Waals surface area contributed by atoms with Crippen LogP contribution in [0.1, 0.15) is 12.5 Å². The molecular formula is C12H13BrO2. The van der Waals surface area contributed by atoms with Gasteiger partial charge in [-0.1, -0.05) is 46.3 Å². The summed E-state index contributed by atoms with van der Waals surface area (Å²) in [4.78, 5) is 11.5. The Morgan fingerprint density at radius 2 is 2.07 bits per heavy atom. The summed E-state index contributed by atoms with van der Waals surface area (Å²) in [6.07, 6.45) is 1.83. The summed E-state index contributed by atoms with van der Waals surface area (Å²) in [5, 5.41) is 0.501. The zero-order valence-electron chi connectivity index (χ0n) is 8.57. The molecule has 0 saturated carbocycles. The van der Waals surface area contributed by atoms with Crippen LogP contribution in [0.4, 0.5) is 0 Å². The zero-order valence-corrected chi connectivity index (χ0v) is 10.2. The van der Waals surface area contributed by atoms with Crippen LogP contribution in [-0.2, 0) is 9.53 Å². The Hall–Kier alpha value is -1.09. The number of rotatable bonds is 4. The molecule has 0 aliphatic carbocycles. The standard InChI is InChI=1S/C12H13BrO2/c1-2-15-12(14)11(9-13)8-10-6-4-3-5-7-10/h3-8H,2,9H2,1H3/b11-8-. The van der Waals surface area contributed by atoms with Gasteiger partial charge >= 0.3 is 5.97 Å². The molecule has 2 nitrogen and oxygen atoms in total. The number of hydrogen-bond acceptors (Lipinski definition) is 2. The van der Waals surface area contributed by atoms with Gasteiger partial charge in [0, 0.05) is 10.9 Å². The van der Waals surface area contributed by atoms with Crippen LogP contribution in [-0.4, -0.2) is 17.9 Å². The van der Waals surface area contributed by atoms with Crippen LogP contribution >= 0.6 is 15.9 Å². The van der Waals surface area contributed by atoms with Crippen LogP contribution in [0.3, 0.4) is 0 Å². The number of halogens is 1. The Balaban J connectivity index is 2.83. The monoisotopic (exact) mass is 268 g/mol. The van der Waals surface area contributed by atoms with Crippen LogP contribution in [0.25, 0.3) is 6.08 Å². The molecule has 0 aliphatic heterocycles.